The number of hydrogen-bond acceptors (Lipinski definition) is 0. The molecule has 210 valence electrons. The molecule has 1 aliphatic heterocycles. The molecule has 0 unspecified atom stereocenters. The summed E-state index contributed by atoms with van der Waals surface area (Å²) in [7, 11) is 0. The van der Waals surface area contributed by atoms with Gasteiger partial charge >= 0.3 is 0 Å². The first-order valence-electron chi connectivity index (χ1n) is 16.4. The first-order chi connectivity index (χ1) is 20.8. The molecule has 2 fully saturated rings. The number of fused-ring (bicyclic) bond motifs is 3. The molecule has 0 radical (unpaired) electrons. The van der Waals surface area contributed by atoms with Crippen molar-refractivity contribution < 1.29 is 4.57 Å². The minimum Gasteiger partial charge on any atom is -0.225 e. The molecule has 2 nitrogen and oxygen atoms in total. The molecule has 0 saturated heterocycles. The fourth-order valence-corrected chi connectivity index (χ4v) is 8.16. The van der Waals surface area contributed by atoms with E-state index in [9.17, 15) is 0 Å². The molecule has 2 heterocycles. The van der Waals surface area contributed by atoms with E-state index in [2.05, 4.69) is 113 Å². The molecule has 0 amide bonds. The maximum Gasteiger partial charge on any atom is 0.294 e. The van der Waals surface area contributed by atoms with E-state index in [0.717, 1.165) is 6.54 Å². The van der Waals surface area contributed by atoms with Crippen LogP contribution >= 0.6 is 0 Å². The van der Waals surface area contributed by atoms with Gasteiger partial charge in [0.2, 0.25) is 0 Å². The zero-order chi connectivity index (χ0) is 27.9. The van der Waals surface area contributed by atoms with E-state index in [0.29, 0.717) is 11.8 Å². The molecule has 0 spiro atoms. The second-order valence-electron chi connectivity index (χ2n) is 12.9. The van der Waals surface area contributed by atoms with Gasteiger partial charge in [0.1, 0.15) is 24.6 Å². The Hall–Kier alpha value is -3.91. The predicted octanol–water partition coefficient (Wildman–Crippen LogP) is 10.2. The van der Waals surface area contributed by atoms with Gasteiger partial charge in [-0.15, -0.1) is 0 Å². The van der Waals surface area contributed by atoms with E-state index in [1.54, 1.807) is 11.1 Å². The molecule has 2 heteroatoms. The second-order valence-corrected chi connectivity index (χ2v) is 12.9. The van der Waals surface area contributed by atoms with Gasteiger partial charge in [-0.25, -0.2) is 4.57 Å². The minimum atomic E-state index is 0.629. The van der Waals surface area contributed by atoms with Crippen molar-refractivity contribution in [3.63, 3.8) is 0 Å². The highest BCUT2D eigenvalue weighted by Gasteiger charge is 2.35. The van der Waals surface area contributed by atoms with E-state index in [1.165, 1.54) is 109 Å². The van der Waals surface area contributed by atoms with E-state index in [1.807, 2.05) is 0 Å². The van der Waals surface area contributed by atoms with E-state index in [-0.39, 0.29) is 0 Å². The van der Waals surface area contributed by atoms with E-state index in [4.69, 9.17) is 0 Å². The third-order valence-corrected chi connectivity index (χ3v) is 10.3. The summed E-state index contributed by atoms with van der Waals surface area (Å²) < 4.78 is 5.09. The molecule has 1 aromatic heterocycles. The molecular formula is C40H41N2+. The quantitative estimate of drug-likeness (QED) is 0.189. The lowest BCUT2D eigenvalue weighted by atomic mass is 9.77. The molecule has 5 aromatic rings. The highest BCUT2D eigenvalue weighted by molar-refractivity contribution is 5.74. The summed E-state index contributed by atoms with van der Waals surface area (Å²) in [6, 6.07) is 34.2. The number of aromatic nitrogens is 2. The Kier molecular flexibility index (Phi) is 6.79. The summed E-state index contributed by atoms with van der Waals surface area (Å²) in [6.45, 7) is 0.942. The van der Waals surface area contributed by atoms with Crippen LogP contribution in [0.15, 0.2) is 103 Å². The molecule has 0 atom stereocenters. The van der Waals surface area contributed by atoms with Gasteiger partial charge in [-0.1, -0.05) is 105 Å². The average molecular weight is 550 g/mol. The van der Waals surface area contributed by atoms with Gasteiger partial charge in [-0.05, 0) is 84.0 Å². The normalized spacial score (nSPS) is 17.2. The molecule has 3 aliphatic rings. The lowest BCUT2D eigenvalue weighted by Gasteiger charge is -2.29. The van der Waals surface area contributed by atoms with Crippen LogP contribution in [0, 0.1) is 0 Å². The molecule has 8 rings (SSSR count). The van der Waals surface area contributed by atoms with Crippen LogP contribution in [0.3, 0.4) is 0 Å². The Morgan fingerprint density at radius 3 is 1.71 bits per heavy atom. The van der Waals surface area contributed by atoms with Crippen LogP contribution < -0.4 is 4.57 Å². The van der Waals surface area contributed by atoms with Gasteiger partial charge in [-0.2, -0.15) is 4.57 Å². The SMILES string of the molecule is c1ccc(-c2ccc3c(c2)C[n+]2ccn(-c4c(C5CCCCC5)cc(-c5ccccc5)cc4C4CCCCC4)c2-3)cc1. The summed E-state index contributed by atoms with van der Waals surface area (Å²) in [6.07, 6.45) is 18.1. The lowest BCUT2D eigenvalue weighted by Crippen LogP contribution is -2.30. The van der Waals surface area contributed by atoms with Crippen molar-refractivity contribution in [2.45, 2.75) is 82.6 Å². The van der Waals surface area contributed by atoms with Gasteiger partial charge in [0.25, 0.3) is 5.82 Å². The van der Waals surface area contributed by atoms with Crippen LogP contribution in [0.4, 0.5) is 0 Å². The summed E-state index contributed by atoms with van der Waals surface area (Å²) in [5.41, 5.74) is 12.9. The minimum absolute atomic E-state index is 0.629. The summed E-state index contributed by atoms with van der Waals surface area (Å²) in [4.78, 5) is 0. The molecular weight excluding hydrogens is 508 g/mol. The summed E-state index contributed by atoms with van der Waals surface area (Å²) in [5.74, 6) is 2.61. The van der Waals surface area contributed by atoms with Gasteiger partial charge < -0.3 is 0 Å². The predicted molar refractivity (Wildman–Crippen MR) is 173 cm³/mol. The smallest absolute Gasteiger partial charge is 0.225 e. The molecule has 0 bridgehead atoms. The fraction of sp³-hybridized carbons (Fsp3) is 0.325. The van der Waals surface area contributed by atoms with Gasteiger partial charge in [0.15, 0.2) is 0 Å². The van der Waals surface area contributed by atoms with E-state index >= 15 is 0 Å². The van der Waals surface area contributed by atoms with Crippen LogP contribution in [0.1, 0.15) is 92.7 Å². The lowest BCUT2D eigenvalue weighted by molar-refractivity contribution is -0.671. The number of rotatable bonds is 5. The number of nitrogens with zero attached hydrogens (tertiary/aromatic N) is 2. The summed E-state index contributed by atoms with van der Waals surface area (Å²) >= 11 is 0. The van der Waals surface area contributed by atoms with Crippen LogP contribution in [-0.4, -0.2) is 4.57 Å². The van der Waals surface area contributed by atoms with Crippen molar-refractivity contribution in [3.8, 4) is 39.3 Å². The summed E-state index contributed by atoms with van der Waals surface area (Å²) in [5, 5.41) is 0. The fourth-order valence-electron chi connectivity index (χ4n) is 8.16. The highest BCUT2D eigenvalue weighted by atomic mass is 15.2. The average Bonchev–Trinajstić information content (AvgIpc) is 3.65. The van der Waals surface area contributed by atoms with Gasteiger partial charge in [-0.3, -0.25) is 0 Å². The standard InChI is InChI=1S/C40H41N2/c1-5-13-29(14-6-1)33-21-22-36-35(25-33)28-41-23-24-42(40(36)41)39-37(31-17-9-3-10-18-31)26-34(30-15-7-2-8-16-30)27-38(39)32-19-11-4-12-20-32/h1-2,5-8,13-16,21-27,31-32H,3-4,9-12,17-20,28H2/q+1. The number of benzene rings is 4. The second kappa shape index (κ2) is 11.1. The largest absolute Gasteiger partial charge is 0.294 e. The molecule has 0 N–H and O–H groups in total. The van der Waals surface area contributed by atoms with Crippen molar-refractivity contribution in [1.82, 2.24) is 4.57 Å². The van der Waals surface area contributed by atoms with Crippen LogP contribution in [0.5, 0.6) is 0 Å². The Morgan fingerprint density at radius 1 is 0.548 bits per heavy atom. The first kappa shape index (κ1) is 25.8. The third-order valence-electron chi connectivity index (χ3n) is 10.3. The van der Waals surface area contributed by atoms with Crippen molar-refractivity contribution >= 4 is 0 Å². The van der Waals surface area contributed by atoms with Gasteiger partial charge in [0.05, 0.1) is 5.56 Å². The Bertz CT molecular complexity index is 1660. The topological polar surface area (TPSA) is 8.81 Å². The van der Waals surface area contributed by atoms with E-state index < -0.39 is 0 Å². The van der Waals surface area contributed by atoms with Crippen molar-refractivity contribution in [1.29, 1.82) is 0 Å². The zero-order valence-electron chi connectivity index (χ0n) is 24.6. The van der Waals surface area contributed by atoms with Crippen molar-refractivity contribution in [2.75, 3.05) is 0 Å². The molecule has 42 heavy (non-hydrogen) atoms. The Labute approximate surface area is 250 Å². The monoisotopic (exact) mass is 549 g/mol. The zero-order valence-corrected chi connectivity index (χ0v) is 24.6. The van der Waals surface area contributed by atoms with Crippen molar-refractivity contribution in [2.24, 2.45) is 0 Å². The molecule has 4 aromatic carbocycles. The van der Waals surface area contributed by atoms with Gasteiger partial charge in [0, 0.05) is 16.7 Å². The van der Waals surface area contributed by atoms with Crippen LogP contribution in [-0.2, 0) is 6.54 Å². The highest BCUT2D eigenvalue weighted by Crippen LogP contribution is 2.46. The Balaban J connectivity index is 1.32. The van der Waals surface area contributed by atoms with Crippen molar-refractivity contribution in [3.05, 3.63) is 120 Å². The van der Waals surface area contributed by atoms with Crippen LogP contribution in [0.25, 0.3) is 39.3 Å². The maximum atomic E-state index is 2.61. The maximum absolute atomic E-state index is 2.61. The van der Waals surface area contributed by atoms with Crippen LogP contribution in [0.2, 0.25) is 0 Å². The molecule has 2 saturated carbocycles. The Morgan fingerprint density at radius 2 is 1.12 bits per heavy atom. The number of imidazole rings is 1. The first-order valence-corrected chi connectivity index (χ1v) is 16.4. The molecule has 2 aliphatic carbocycles. The number of hydrogen-bond donors (Lipinski definition) is 0. The third kappa shape index (κ3) is 4.62.